The second-order valence-electron chi connectivity index (χ2n) is 10.3. The van der Waals surface area contributed by atoms with Crippen LogP contribution in [0.2, 0.25) is 0 Å². The van der Waals surface area contributed by atoms with Gasteiger partial charge in [0.2, 0.25) is 0 Å². The molecule has 0 amide bonds. The Hall–Kier alpha value is -4.78. The van der Waals surface area contributed by atoms with Crippen molar-refractivity contribution < 1.29 is 0 Å². The van der Waals surface area contributed by atoms with E-state index < -0.39 is 0 Å². The van der Waals surface area contributed by atoms with Gasteiger partial charge in [-0.05, 0) is 72.8 Å². The van der Waals surface area contributed by atoms with Gasteiger partial charge in [0.15, 0.2) is 0 Å². The van der Waals surface area contributed by atoms with E-state index in [-0.39, 0.29) is 0 Å². The number of aromatic nitrogens is 2. The quantitative estimate of drug-likeness (QED) is 0.191. The second kappa shape index (κ2) is 9.38. The summed E-state index contributed by atoms with van der Waals surface area (Å²) in [5.74, 6) is 0. The average Bonchev–Trinajstić information content (AvgIpc) is 3.05. The van der Waals surface area contributed by atoms with Crippen molar-refractivity contribution in [3.63, 3.8) is 0 Å². The lowest BCUT2D eigenvalue weighted by Crippen LogP contribution is -2.16. The molecule has 0 radical (unpaired) electrons. The molecule has 0 fully saturated rings. The fourth-order valence-corrected chi connectivity index (χ4v) is 8.23. The summed E-state index contributed by atoms with van der Waals surface area (Å²) in [5.41, 5.74) is 8.69. The molecule has 0 bridgehead atoms. The number of hydrogen-bond acceptors (Lipinski definition) is 6. The van der Waals surface area contributed by atoms with Crippen molar-refractivity contribution in [1.29, 1.82) is 0 Å². The summed E-state index contributed by atoms with van der Waals surface area (Å²) >= 11 is 3.64. The molecule has 4 nitrogen and oxygen atoms in total. The summed E-state index contributed by atoms with van der Waals surface area (Å²) in [5, 5.41) is 2.14. The van der Waals surface area contributed by atoms with Gasteiger partial charge >= 0.3 is 0 Å². The maximum absolute atomic E-state index is 4.93. The molecule has 0 unspecified atom stereocenters. The van der Waals surface area contributed by atoms with E-state index in [0.717, 1.165) is 33.2 Å². The number of rotatable bonds is 2. The molecule has 0 spiro atoms. The molecule has 198 valence electrons. The number of para-hydroxylation sites is 4. The number of nitrogens with zero attached hydrogens (tertiary/aromatic N) is 4. The third-order valence-corrected chi connectivity index (χ3v) is 10.2. The van der Waals surface area contributed by atoms with E-state index in [1.165, 1.54) is 42.3 Å². The normalized spacial score (nSPS) is 13.4. The Kier molecular flexibility index (Phi) is 5.33. The predicted molar refractivity (Wildman–Crippen MR) is 175 cm³/mol. The molecule has 2 aromatic heterocycles. The fourth-order valence-electron chi connectivity index (χ4n) is 6.12. The lowest BCUT2D eigenvalue weighted by atomic mass is 10.0. The van der Waals surface area contributed by atoms with Gasteiger partial charge in [-0.1, -0.05) is 72.1 Å². The Bertz CT molecular complexity index is 1950. The molecule has 2 aliphatic rings. The van der Waals surface area contributed by atoms with Gasteiger partial charge in [-0.15, -0.1) is 0 Å². The van der Waals surface area contributed by atoms with E-state index in [4.69, 9.17) is 9.97 Å². The molecule has 42 heavy (non-hydrogen) atoms. The summed E-state index contributed by atoms with van der Waals surface area (Å²) in [6.07, 6.45) is 3.83. The molecule has 5 aromatic carbocycles. The zero-order valence-electron chi connectivity index (χ0n) is 22.3. The minimum absolute atomic E-state index is 0.896. The van der Waals surface area contributed by atoms with Crippen LogP contribution in [0.4, 0.5) is 34.1 Å². The minimum atomic E-state index is 0.896. The highest BCUT2D eigenvalue weighted by molar-refractivity contribution is 8.00. The first kappa shape index (κ1) is 23.9. The first-order chi connectivity index (χ1) is 20.8. The third kappa shape index (κ3) is 3.52. The Morgan fingerprint density at radius 1 is 0.357 bits per heavy atom. The van der Waals surface area contributed by atoms with E-state index >= 15 is 0 Å². The molecule has 0 saturated carbocycles. The average molecular weight is 575 g/mol. The molecule has 9 rings (SSSR count). The van der Waals surface area contributed by atoms with E-state index in [2.05, 4.69) is 131 Å². The first-order valence-corrected chi connectivity index (χ1v) is 15.5. The molecular weight excluding hydrogens is 553 g/mol. The van der Waals surface area contributed by atoms with Gasteiger partial charge in [-0.2, -0.15) is 0 Å². The monoisotopic (exact) mass is 574 g/mol. The molecule has 4 heterocycles. The second-order valence-corrected chi connectivity index (χ2v) is 12.4. The molecule has 7 aromatic rings. The molecule has 0 N–H and O–H groups in total. The van der Waals surface area contributed by atoms with Crippen LogP contribution >= 0.6 is 23.5 Å². The van der Waals surface area contributed by atoms with Crippen molar-refractivity contribution in [3.05, 3.63) is 134 Å². The van der Waals surface area contributed by atoms with Crippen LogP contribution in [0, 0.1) is 0 Å². The van der Waals surface area contributed by atoms with Gasteiger partial charge in [-0.25, -0.2) is 0 Å². The summed E-state index contributed by atoms with van der Waals surface area (Å²) < 4.78 is 0. The third-order valence-electron chi connectivity index (χ3n) is 7.92. The molecule has 0 atom stereocenters. The molecule has 0 saturated heterocycles. The summed E-state index contributed by atoms with van der Waals surface area (Å²) in [4.78, 5) is 19.6. The lowest BCUT2D eigenvalue weighted by molar-refractivity contribution is 1.16. The zero-order valence-corrected chi connectivity index (χ0v) is 23.9. The lowest BCUT2D eigenvalue weighted by Gasteiger charge is -2.34. The van der Waals surface area contributed by atoms with Gasteiger partial charge in [-0.3, -0.25) is 9.97 Å². The van der Waals surface area contributed by atoms with Crippen LogP contribution in [0.15, 0.2) is 153 Å². The highest BCUT2D eigenvalue weighted by Crippen LogP contribution is 2.54. The van der Waals surface area contributed by atoms with Crippen LogP contribution in [-0.4, -0.2) is 9.97 Å². The maximum atomic E-state index is 4.93. The highest BCUT2D eigenvalue weighted by atomic mass is 32.2. The summed E-state index contributed by atoms with van der Waals surface area (Å²) in [6.45, 7) is 0. The largest absolute Gasteiger partial charge is 0.307 e. The van der Waals surface area contributed by atoms with Gasteiger partial charge < -0.3 is 9.80 Å². The van der Waals surface area contributed by atoms with Crippen molar-refractivity contribution in [2.24, 2.45) is 0 Å². The van der Waals surface area contributed by atoms with Crippen molar-refractivity contribution in [1.82, 2.24) is 9.97 Å². The number of fused-ring (bicyclic) bond motifs is 7. The van der Waals surface area contributed by atoms with Crippen molar-refractivity contribution >= 4 is 79.5 Å². The van der Waals surface area contributed by atoms with Crippen LogP contribution in [-0.2, 0) is 0 Å². The summed E-state index contributed by atoms with van der Waals surface area (Å²) in [7, 11) is 0. The molecular formula is C36H22N4S2. The Labute approximate surface area is 251 Å². The first-order valence-electron chi connectivity index (χ1n) is 13.8. The van der Waals surface area contributed by atoms with Crippen molar-refractivity contribution in [2.75, 3.05) is 9.80 Å². The number of pyridine rings is 2. The van der Waals surface area contributed by atoms with Crippen molar-refractivity contribution in [3.8, 4) is 0 Å². The van der Waals surface area contributed by atoms with E-state index in [9.17, 15) is 0 Å². The Balaban J connectivity index is 1.28. The predicted octanol–water partition coefficient (Wildman–Crippen LogP) is 10.7. The van der Waals surface area contributed by atoms with Crippen molar-refractivity contribution in [2.45, 2.75) is 19.6 Å². The molecule has 0 aliphatic carbocycles. The topological polar surface area (TPSA) is 32.3 Å². The van der Waals surface area contributed by atoms with E-state index in [0.29, 0.717) is 0 Å². The van der Waals surface area contributed by atoms with Gasteiger partial charge in [0.25, 0.3) is 0 Å². The van der Waals surface area contributed by atoms with Crippen LogP contribution in [0.3, 0.4) is 0 Å². The van der Waals surface area contributed by atoms with E-state index in [1.54, 1.807) is 0 Å². The van der Waals surface area contributed by atoms with Gasteiger partial charge in [0, 0.05) is 42.7 Å². The van der Waals surface area contributed by atoms with Gasteiger partial charge in [0.05, 0.1) is 45.2 Å². The minimum Gasteiger partial charge on any atom is -0.307 e. The van der Waals surface area contributed by atoms with E-state index in [1.807, 2.05) is 35.9 Å². The van der Waals surface area contributed by atoms with Crippen LogP contribution < -0.4 is 9.80 Å². The van der Waals surface area contributed by atoms with Crippen LogP contribution in [0.5, 0.6) is 0 Å². The number of benzene rings is 5. The maximum Gasteiger partial charge on any atom is 0.0986 e. The number of hydrogen-bond donors (Lipinski definition) is 0. The van der Waals surface area contributed by atoms with Crippen LogP contribution in [0.25, 0.3) is 21.8 Å². The smallest absolute Gasteiger partial charge is 0.0986 e. The van der Waals surface area contributed by atoms with Gasteiger partial charge in [0.1, 0.15) is 0 Å². The number of anilines is 6. The summed E-state index contributed by atoms with van der Waals surface area (Å²) in [6, 6.07) is 43.1. The SMILES string of the molecule is c1ccc2c(c1)Sc1ccccc1N2c1ccnc2c1ccc1c(N3c4ccccc4Sc4ccccc43)ccnc12. The standard InChI is InChI=1S/C36H22N4S2/c1-5-13-31-27(9-1)39(28-10-2-6-14-32(28)41-31)25-19-21-37-35-23(25)17-18-24-26(20-22-38-36(24)35)40-29-11-3-7-15-33(29)42-34-16-8-4-12-30(34)40/h1-22H. The van der Waals surface area contributed by atoms with Crippen LogP contribution in [0.1, 0.15) is 0 Å². The molecule has 6 heteroatoms. The molecule has 2 aliphatic heterocycles. The Morgan fingerprint density at radius 3 is 1.05 bits per heavy atom. The zero-order chi connectivity index (χ0) is 27.6. The Morgan fingerprint density at radius 2 is 0.690 bits per heavy atom. The fraction of sp³-hybridized carbons (Fsp3) is 0. The highest BCUT2D eigenvalue weighted by Gasteiger charge is 2.28.